The Morgan fingerprint density at radius 3 is 1.69 bits per heavy atom. The molecule has 0 aromatic carbocycles. The van der Waals surface area contributed by atoms with E-state index in [0.717, 1.165) is 11.8 Å². The van der Waals surface area contributed by atoms with Crippen molar-refractivity contribution in [2.24, 2.45) is 11.8 Å². The molecule has 2 aromatic heterocycles. The standard InChI is InChI=1S/C27H41N5/c1-30(14-6-8-22-16-26(31(2)20-22)24-10-4-12-28-18-24)15-7-9-23-17-27(32(3)21-23)25-11-5-13-29-19-25/h4-5,10-13,18-19,22-23,26-27H,6-9,14-17,20-21H2,1-3H3. The van der Waals surface area contributed by atoms with Crippen LogP contribution in [0.15, 0.2) is 49.1 Å². The van der Waals surface area contributed by atoms with Crippen molar-refractivity contribution in [1.82, 2.24) is 24.7 Å². The highest BCUT2D eigenvalue weighted by molar-refractivity contribution is 5.16. The van der Waals surface area contributed by atoms with E-state index in [2.05, 4.69) is 70.1 Å². The van der Waals surface area contributed by atoms with Gasteiger partial charge in [0.1, 0.15) is 0 Å². The summed E-state index contributed by atoms with van der Waals surface area (Å²) in [7, 11) is 6.84. The first-order valence-corrected chi connectivity index (χ1v) is 12.5. The fourth-order valence-corrected chi connectivity index (χ4v) is 5.97. The third kappa shape index (κ3) is 6.15. The van der Waals surface area contributed by atoms with E-state index in [1.165, 1.54) is 75.8 Å². The predicted octanol–water partition coefficient (Wildman–Crippen LogP) is 4.65. The van der Waals surface area contributed by atoms with Crippen LogP contribution in [-0.2, 0) is 0 Å². The summed E-state index contributed by atoms with van der Waals surface area (Å²) in [6.45, 7) is 4.88. The van der Waals surface area contributed by atoms with Gasteiger partial charge in [-0.2, -0.15) is 0 Å². The van der Waals surface area contributed by atoms with Crippen molar-refractivity contribution < 1.29 is 0 Å². The summed E-state index contributed by atoms with van der Waals surface area (Å²) in [5.41, 5.74) is 2.75. The number of hydrogen-bond acceptors (Lipinski definition) is 5. The topological polar surface area (TPSA) is 35.5 Å². The maximum atomic E-state index is 4.32. The number of hydrogen-bond donors (Lipinski definition) is 0. The van der Waals surface area contributed by atoms with E-state index in [-0.39, 0.29) is 0 Å². The highest BCUT2D eigenvalue weighted by atomic mass is 15.2. The number of pyridine rings is 2. The van der Waals surface area contributed by atoms with Gasteiger partial charge in [-0.05, 0) is 108 Å². The smallest absolute Gasteiger partial charge is 0.0363 e. The summed E-state index contributed by atoms with van der Waals surface area (Å²) in [4.78, 5) is 16.2. The Bertz CT molecular complexity index is 731. The Kier molecular flexibility index (Phi) is 8.28. The summed E-state index contributed by atoms with van der Waals surface area (Å²) in [5.74, 6) is 1.63. The van der Waals surface area contributed by atoms with Crippen LogP contribution in [-0.4, -0.2) is 72.0 Å². The minimum Gasteiger partial charge on any atom is -0.306 e. The largest absolute Gasteiger partial charge is 0.306 e. The molecule has 2 saturated heterocycles. The van der Waals surface area contributed by atoms with Crippen LogP contribution in [0, 0.1) is 11.8 Å². The number of likely N-dealkylation sites (tertiary alicyclic amines) is 2. The van der Waals surface area contributed by atoms with Gasteiger partial charge in [-0.15, -0.1) is 0 Å². The molecule has 5 nitrogen and oxygen atoms in total. The molecule has 0 bridgehead atoms. The monoisotopic (exact) mass is 435 g/mol. The van der Waals surface area contributed by atoms with Crippen LogP contribution in [0.1, 0.15) is 61.7 Å². The summed E-state index contributed by atoms with van der Waals surface area (Å²) >= 11 is 0. The molecule has 2 aliphatic rings. The lowest BCUT2D eigenvalue weighted by atomic mass is 9.96. The maximum Gasteiger partial charge on any atom is 0.0363 e. The normalized spacial score (nSPS) is 26.9. The van der Waals surface area contributed by atoms with Crippen LogP contribution >= 0.6 is 0 Å². The molecule has 0 radical (unpaired) electrons. The van der Waals surface area contributed by atoms with Crippen molar-refractivity contribution in [1.29, 1.82) is 0 Å². The zero-order valence-corrected chi connectivity index (χ0v) is 20.2. The van der Waals surface area contributed by atoms with Crippen molar-refractivity contribution in [2.75, 3.05) is 47.3 Å². The minimum atomic E-state index is 0.548. The van der Waals surface area contributed by atoms with Gasteiger partial charge in [-0.3, -0.25) is 19.8 Å². The molecule has 2 fully saturated rings. The molecule has 4 atom stereocenters. The average Bonchev–Trinajstić information content (AvgIpc) is 3.37. The van der Waals surface area contributed by atoms with Crippen LogP contribution in [0.3, 0.4) is 0 Å². The van der Waals surface area contributed by atoms with Crippen molar-refractivity contribution in [3.8, 4) is 0 Å². The van der Waals surface area contributed by atoms with Crippen molar-refractivity contribution >= 4 is 0 Å². The zero-order chi connectivity index (χ0) is 22.3. The molecule has 4 unspecified atom stereocenters. The Morgan fingerprint density at radius 1 is 0.812 bits per heavy atom. The molecular formula is C27H41N5. The van der Waals surface area contributed by atoms with Gasteiger partial charge < -0.3 is 4.90 Å². The first-order chi connectivity index (χ1) is 15.6. The number of aromatic nitrogens is 2. The quantitative estimate of drug-likeness (QED) is 0.543. The van der Waals surface area contributed by atoms with Gasteiger partial charge in [-0.1, -0.05) is 12.1 Å². The van der Waals surface area contributed by atoms with Crippen LogP contribution in [0.25, 0.3) is 0 Å². The highest BCUT2D eigenvalue weighted by Gasteiger charge is 2.31. The third-order valence-electron chi connectivity index (χ3n) is 7.71. The van der Waals surface area contributed by atoms with Crippen molar-refractivity contribution in [3.05, 3.63) is 60.2 Å². The summed E-state index contributed by atoms with van der Waals surface area (Å²) < 4.78 is 0. The summed E-state index contributed by atoms with van der Waals surface area (Å²) in [6.07, 6.45) is 15.7. The molecule has 2 aromatic rings. The number of nitrogens with zero attached hydrogens (tertiary/aromatic N) is 5. The van der Waals surface area contributed by atoms with Gasteiger partial charge in [0.15, 0.2) is 0 Å². The maximum absolute atomic E-state index is 4.32. The molecule has 4 rings (SSSR count). The lowest BCUT2D eigenvalue weighted by molar-refractivity contribution is 0.288. The van der Waals surface area contributed by atoms with Gasteiger partial charge in [0.05, 0.1) is 0 Å². The van der Waals surface area contributed by atoms with E-state index in [1.807, 2.05) is 24.8 Å². The average molecular weight is 436 g/mol. The van der Waals surface area contributed by atoms with E-state index in [9.17, 15) is 0 Å². The zero-order valence-electron chi connectivity index (χ0n) is 20.2. The molecule has 32 heavy (non-hydrogen) atoms. The Morgan fingerprint density at radius 2 is 1.28 bits per heavy atom. The lowest BCUT2D eigenvalue weighted by Gasteiger charge is -2.19. The van der Waals surface area contributed by atoms with Crippen LogP contribution < -0.4 is 0 Å². The van der Waals surface area contributed by atoms with Crippen LogP contribution in [0.4, 0.5) is 0 Å². The molecule has 0 amide bonds. The van der Waals surface area contributed by atoms with Crippen LogP contribution in [0.2, 0.25) is 0 Å². The second kappa shape index (κ2) is 11.4. The predicted molar refractivity (Wildman–Crippen MR) is 131 cm³/mol. The van der Waals surface area contributed by atoms with Crippen molar-refractivity contribution in [2.45, 2.75) is 50.6 Å². The molecule has 0 N–H and O–H groups in total. The molecule has 0 spiro atoms. The highest BCUT2D eigenvalue weighted by Crippen LogP contribution is 2.36. The van der Waals surface area contributed by atoms with Crippen molar-refractivity contribution in [3.63, 3.8) is 0 Å². The van der Waals surface area contributed by atoms with Gasteiger partial charge in [0, 0.05) is 50.0 Å². The summed E-state index contributed by atoms with van der Waals surface area (Å²) in [6, 6.07) is 9.68. The number of rotatable bonds is 10. The van der Waals surface area contributed by atoms with E-state index in [0.29, 0.717) is 12.1 Å². The van der Waals surface area contributed by atoms with Gasteiger partial charge in [-0.25, -0.2) is 0 Å². The van der Waals surface area contributed by atoms with E-state index in [1.54, 1.807) is 0 Å². The van der Waals surface area contributed by atoms with Gasteiger partial charge in [0.2, 0.25) is 0 Å². The second-order valence-corrected chi connectivity index (χ2v) is 10.3. The van der Waals surface area contributed by atoms with Gasteiger partial charge in [0.25, 0.3) is 0 Å². The first kappa shape index (κ1) is 23.3. The van der Waals surface area contributed by atoms with Crippen LogP contribution in [0.5, 0.6) is 0 Å². The molecule has 4 heterocycles. The molecule has 174 valence electrons. The Hall–Kier alpha value is -1.82. The molecule has 0 saturated carbocycles. The fraction of sp³-hybridized carbons (Fsp3) is 0.630. The Labute approximate surface area is 194 Å². The molecule has 0 aliphatic carbocycles. The van der Waals surface area contributed by atoms with Gasteiger partial charge >= 0.3 is 0 Å². The molecular weight excluding hydrogens is 394 g/mol. The molecule has 2 aliphatic heterocycles. The fourth-order valence-electron chi connectivity index (χ4n) is 5.97. The first-order valence-electron chi connectivity index (χ1n) is 12.5. The molecule has 5 heteroatoms. The lowest BCUT2D eigenvalue weighted by Crippen LogP contribution is -2.23. The second-order valence-electron chi connectivity index (χ2n) is 10.3. The SMILES string of the molecule is CN(CCCC1CC(c2cccnc2)N(C)C1)CCCC1CC(c2cccnc2)N(C)C1. The minimum absolute atomic E-state index is 0.548. The Balaban J connectivity index is 1.11. The van der Waals surface area contributed by atoms with E-state index < -0.39 is 0 Å². The summed E-state index contributed by atoms with van der Waals surface area (Å²) in [5, 5.41) is 0. The van der Waals surface area contributed by atoms with E-state index in [4.69, 9.17) is 0 Å². The van der Waals surface area contributed by atoms with E-state index >= 15 is 0 Å². The third-order valence-corrected chi connectivity index (χ3v) is 7.71.